The molecule has 0 atom stereocenters. The number of pyridine rings is 1. The van der Waals surface area contributed by atoms with Crippen LogP contribution in [0.4, 0.5) is 18.9 Å². The number of nitrogens with zero attached hydrogens (tertiary/aromatic N) is 2. The van der Waals surface area contributed by atoms with Gasteiger partial charge in [0.1, 0.15) is 0 Å². The first-order chi connectivity index (χ1) is 16.0. The molecule has 3 aromatic carbocycles. The molecular formula is C23H16F3N3O4S. The number of aromatic nitrogens is 1. The molecule has 174 valence electrons. The predicted molar refractivity (Wildman–Crippen MR) is 121 cm³/mol. The molecule has 0 aliphatic heterocycles. The maximum atomic E-state index is 13.2. The lowest BCUT2D eigenvalue weighted by Crippen LogP contribution is -2.20. The van der Waals surface area contributed by atoms with Gasteiger partial charge in [-0.05, 0) is 48.5 Å². The van der Waals surface area contributed by atoms with Gasteiger partial charge < -0.3 is 5.11 Å². The molecule has 7 nitrogen and oxygen atoms in total. The van der Waals surface area contributed by atoms with Crippen molar-refractivity contribution in [3.05, 3.63) is 94.3 Å². The molecule has 0 unspecified atom stereocenters. The average molecular weight is 487 g/mol. The van der Waals surface area contributed by atoms with Crippen molar-refractivity contribution < 1.29 is 26.7 Å². The molecule has 4 aromatic rings. The topological polar surface area (TPSA) is 115 Å². The fourth-order valence-electron chi connectivity index (χ4n) is 3.41. The maximum Gasteiger partial charge on any atom is 0.416 e. The van der Waals surface area contributed by atoms with Crippen LogP contribution in [0.2, 0.25) is 0 Å². The molecule has 1 aromatic heterocycles. The fourth-order valence-corrected chi connectivity index (χ4v) is 3.93. The Morgan fingerprint density at radius 3 is 2.21 bits per heavy atom. The maximum absolute atomic E-state index is 13.2. The summed E-state index contributed by atoms with van der Waals surface area (Å²) in [6.45, 7) is 0. The van der Waals surface area contributed by atoms with Crippen molar-refractivity contribution in [2.75, 3.05) is 0 Å². The monoisotopic (exact) mass is 487 g/mol. The summed E-state index contributed by atoms with van der Waals surface area (Å²) in [6, 6.07) is 15.6. The van der Waals surface area contributed by atoms with Crippen molar-refractivity contribution in [1.29, 1.82) is 0 Å². The number of primary sulfonamides is 1. The summed E-state index contributed by atoms with van der Waals surface area (Å²) >= 11 is 0. The standard InChI is InChI=1S/C23H16F3N3O4S/c24-23(25,26)14-4-3-5-16(12-14)29-21(30)19-7-2-1-6-18(19)20(22(29)31)13-28-15-8-10-17(11-9-15)34(27,32)33/h1-13,31H,(H2,27,32,33). The Bertz CT molecular complexity index is 1590. The van der Waals surface area contributed by atoms with Crippen LogP contribution < -0.4 is 10.7 Å². The Balaban J connectivity index is 1.90. The summed E-state index contributed by atoms with van der Waals surface area (Å²) in [6.07, 6.45) is -3.40. The second-order valence-electron chi connectivity index (χ2n) is 7.27. The molecule has 4 rings (SSSR count). The highest BCUT2D eigenvalue weighted by atomic mass is 32.2. The van der Waals surface area contributed by atoms with Gasteiger partial charge in [-0.3, -0.25) is 9.79 Å². The van der Waals surface area contributed by atoms with Crippen molar-refractivity contribution in [2.45, 2.75) is 11.1 Å². The summed E-state index contributed by atoms with van der Waals surface area (Å²) in [5.74, 6) is -0.604. The number of fused-ring (bicyclic) bond motifs is 1. The highest BCUT2D eigenvalue weighted by molar-refractivity contribution is 7.89. The number of aromatic hydroxyl groups is 1. The lowest BCUT2D eigenvalue weighted by molar-refractivity contribution is -0.137. The number of halogens is 3. The van der Waals surface area contributed by atoms with Crippen LogP contribution in [0, 0.1) is 0 Å². The van der Waals surface area contributed by atoms with Gasteiger partial charge in [0.05, 0.1) is 27.4 Å². The third-order valence-electron chi connectivity index (χ3n) is 5.04. The minimum absolute atomic E-state index is 0.0862. The minimum atomic E-state index is -4.64. The van der Waals surface area contributed by atoms with Crippen molar-refractivity contribution in [2.24, 2.45) is 10.1 Å². The van der Waals surface area contributed by atoms with Gasteiger partial charge in [0.2, 0.25) is 15.9 Å². The lowest BCUT2D eigenvalue weighted by Gasteiger charge is -2.15. The van der Waals surface area contributed by atoms with Gasteiger partial charge in [-0.2, -0.15) is 13.2 Å². The van der Waals surface area contributed by atoms with Gasteiger partial charge in [-0.1, -0.05) is 24.3 Å². The normalized spacial score (nSPS) is 12.5. The molecule has 0 bridgehead atoms. The van der Waals surface area contributed by atoms with Gasteiger partial charge in [0.15, 0.2) is 0 Å². The quantitative estimate of drug-likeness (QED) is 0.422. The second-order valence-corrected chi connectivity index (χ2v) is 8.83. The lowest BCUT2D eigenvalue weighted by atomic mass is 10.1. The zero-order valence-corrected chi connectivity index (χ0v) is 18.0. The SMILES string of the molecule is NS(=O)(=O)c1ccc(N=Cc2c(O)n(-c3cccc(C(F)(F)F)c3)c(=O)c3ccccc23)cc1. The fraction of sp³-hybridized carbons (Fsp3) is 0.0435. The van der Waals surface area contributed by atoms with E-state index < -0.39 is 33.2 Å². The van der Waals surface area contributed by atoms with Crippen LogP contribution in [0.25, 0.3) is 16.5 Å². The molecule has 0 radical (unpaired) electrons. The van der Waals surface area contributed by atoms with Crippen LogP contribution in [0.15, 0.2) is 87.5 Å². The Hall–Kier alpha value is -3.96. The van der Waals surface area contributed by atoms with Crippen LogP contribution in [-0.4, -0.2) is 24.3 Å². The third kappa shape index (κ3) is 4.43. The summed E-state index contributed by atoms with van der Waals surface area (Å²) in [4.78, 5) is 17.2. The van der Waals surface area contributed by atoms with Gasteiger partial charge >= 0.3 is 6.18 Å². The molecule has 0 spiro atoms. The molecule has 34 heavy (non-hydrogen) atoms. The van der Waals surface area contributed by atoms with E-state index >= 15 is 0 Å². The first-order valence-electron chi connectivity index (χ1n) is 9.68. The molecule has 11 heteroatoms. The van der Waals surface area contributed by atoms with E-state index in [1.807, 2.05) is 0 Å². The number of sulfonamides is 1. The molecular weight excluding hydrogens is 471 g/mol. The van der Waals surface area contributed by atoms with Crippen LogP contribution in [0.5, 0.6) is 5.88 Å². The molecule has 0 saturated carbocycles. The number of nitrogens with two attached hydrogens (primary N) is 1. The van der Waals surface area contributed by atoms with Crippen LogP contribution >= 0.6 is 0 Å². The Labute approximate surface area is 191 Å². The molecule has 0 amide bonds. The van der Waals surface area contributed by atoms with Gasteiger partial charge in [-0.15, -0.1) is 0 Å². The van der Waals surface area contributed by atoms with Crippen molar-refractivity contribution in [3.8, 4) is 11.6 Å². The van der Waals surface area contributed by atoms with Crippen molar-refractivity contribution >= 4 is 32.7 Å². The second kappa shape index (κ2) is 8.43. The zero-order valence-electron chi connectivity index (χ0n) is 17.2. The van der Waals surface area contributed by atoms with Crippen LogP contribution in [0.3, 0.4) is 0 Å². The van der Waals surface area contributed by atoms with Crippen LogP contribution in [-0.2, 0) is 16.2 Å². The predicted octanol–water partition coefficient (Wildman–Crippen LogP) is 4.11. The Kier molecular flexibility index (Phi) is 5.75. The van der Waals surface area contributed by atoms with E-state index in [2.05, 4.69) is 4.99 Å². The zero-order chi connectivity index (χ0) is 24.7. The van der Waals surface area contributed by atoms with E-state index in [9.17, 15) is 31.5 Å². The molecule has 1 heterocycles. The number of hydrogen-bond donors (Lipinski definition) is 2. The highest BCUT2D eigenvalue weighted by Gasteiger charge is 2.31. The first-order valence-corrected chi connectivity index (χ1v) is 11.2. The number of alkyl halides is 3. The molecule has 0 aliphatic carbocycles. The van der Waals surface area contributed by atoms with E-state index in [0.29, 0.717) is 11.1 Å². The minimum Gasteiger partial charge on any atom is -0.494 e. The summed E-state index contributed by atoms with van der Waals surface area (Å²) in [5.41, 5.74) is -1.46. The van der Waals surface area contributed by atoms with Crippen molar-refractivity contribution in [3.63, 3.8) is 0 Å². The van der Waals surface area contributed by atoms with Gasteiger partial charge in [-0.25, -0.2) is 18.1 Å². The smallest absolute Gasteiger partial charge is 0.416 e. The van der Waals surface area contributed by atoms with Gasteiger partial charge in [0.25, 0.3) is 5.56 Å². The molecule has 0 saturated heterocycles. The molecule has 3 N–H and O–H groups in total. The van der Waals surface area contributed by atoms with Gasteiger partial charge in [0, 0.05) is 17.0 Å². The number of aliphatic imine (C=N–C) groups is 1. The first kappa shape index (κ1) is 23.2. The van der Waals surface area contributed by atoms with E-state index in [1.165, 1.54) is 42.6 Å². The Morgan fingerprint density at radius 1 is 0.941 bits per heavy atom. The number of rotatable bonds is 4. The van der Waals surface area contributed by atoms with E-state index in [4.69, 9.17) is 5.14 Å². The average Bonchev–Trinajstić information content (AvgIpc) is 2.78. The van der Waals surface area contributed by atoms with Crippen molar-refractivity contribution in [1.82, 2.24) is 4.57 Å². The largest absolute Gasteiger partial charge is 0.494 e. The van der Waals surface area contributed by atoms with E-state index in [1.54, 1.807) is 18.2 Å². The number of hydrogen-bond acceptors (Lipinski definition) is 5. The van der Waals surface area contributed by atoms with Crippen LogP contribution in [0.1, 0.15) is 11.1 Å². The summed E-state index contributed by atoms with van der Waals surface area (Å²) in [7, 11) is -3.89. The van der Waals surface area contributed by atoms with E-state index in [0.717, 1.165) is 22.8 Å². The molecule has 0 fully saturated rings. The third-order valence-corrected chi connectivity index (χ3v) is 5.97. The highest BCUT2D eigenvalue weighted by Crippen LogP contribution is 2.32. The summed E-state index contributed by atoms with van der Waals surface area (Å²) in [5, 5.41) is 16.5. The Morgan fingerprint density at radius 2 is 1.59 bits per heavy atom. The molecule has 0 aliphatic rings. The summed E-state index contributed by atoms with van der Waals surface area (Å²) < 4.78 is 63.2. The van der Waals surface area contributed by atoms with E-state index in [-0.39, 0.29) is 21.5 Å². The number of benzene rings is 3.